The SMILES string of the molecule is CN(CC(O)COc1ccccc1CNCc1ccc2ncccc2c1)C1CCCCC1. The predicted octanol–water partition coefficient (Wildman–Crippen LogP) is 4.53. The van der Waals surface area contributed by atoms with Crippen LogP contribution in [0.4, 0.5) is 0 Å². The van der Waals surface area contributed by atoms with Crippen LogP contribution in [0.15, 0.2) is 60.8 Å². The number of nitrogens with one attached hydrogen (secondary N) is 1. The summed E-state index contributed by atoms with van der Waals surface area (Å²) in [6, 6.07) is 19.1. The molecule has 1 fully saturated rings. The summed E-state index contributed by atoms with van der Waals surface area (Å²) >= 11 is 0. The second kappa shape index (κ2) is 11.4. The Morgan fingerprint density at radius 2 is 1.91 bits per heavy atom. The Kier molecular flexibility index (Phi) is 8.10. The lowest BCUT2D eigenvalue weighted by atomic mass is 9.94. The largest absolute Gasteiger partial charge is 0.491 e. The van der Waals surface area contributed by atoms with Gasteiger partial charge in [-0.3, -0.25) is 4.98 Å². The predicted molar refractivity (Wildman–Crippen MR) is 130 cm³/mol. The molecule has 0 bridgehead atoms. The zero-order chi connectivity index (χ0) is 22.2. The van der Waals surface area contributed by atoms with Crippen molar-refractivity contribution in [3.63, 3.8) is 0 Å². The third-order valence-electron chi connectivity index (χ3n) is 6.41. The van der Waals surface area contributed by atoms with E-state index in [-0.39, 0.29) is 0 Å². The van der Waals surface area contributed by atoms with Crippen molar-refractivity contribution in [1.29, 1.82) is 0 Å². The number of aromatic nitrogens is 1. The lowest BCUT2D eigenvalue weighted by Crippen LogP contribution is -2.40. The number of hydrogen-bond donors (Lipinski definition) is 2. The number of ether oxygens (including phenoxy) is 1. The molecule has 5 heteroatoms. The number of rotatable bonds is 10. The molecule has 0 radical (unpaired) electrons. The molecule has 3 aromatic rings. The molecule has 0 amide bonds. The van der Waals surface area contributed by atoms with Crippen LogP contribution in [0.2, 0.25) is 0 Å². The zero-order valence-corrected chi connectivity index (χ0v) is 19.0. The maximum absolute atomic E-state index is 10.5. The molecule has 2 aromatic carbocycles. The first-order valence-corrected chi connectivity index (χ1v) is 11.8. The fraction of sp³-hybridized carbons (Fsp3) is 0.444. The first kappa shape index (κ1) is 22.7. The number of pyridine rings is 1. The summed E-state index contributed by atoms with van der Waals surface area (Å²) in [6.45, 7) is 2.45. The van der Waals surface area contributed by atoms with Crippen molar-refractivity contribution in [2.75, 3.05) is 20.2 Å². The Labute approximate surface area is 191 Å². The molecule has 1 atom stereocenters. The molecule has 1 aliphatic rings. The fourth-order valence-corrected chi connectivity index (χ4v) is 4.61. The van der Waals surface area contributed by atoms with Crippen LogP contribution >= 0.6 is 0 Å². The van der Waals surface area contributed by atoms with Gasteiger partial charge in [0.1, 0.15) is 18.5 Å². The van der Waals surface area contributed by atoms with E-state index in [1.165, 1.54) is 37.7 Å². The van der Waals surface area contributed by atoms with E-state index in [0.717, 1.165) is 28.8 Å². The third kappa shape index (κ3) is 6.28. The summed E-state index contributed by atoms with van der Waals surface area (Å²) in [5, 5.41) is 15.2. The van der Waals surface area contributed by atoms with Gasteiger partial charge in [0, 0.05) is 42.8 Å². The Morgan fingerprint density at radius 3 is 2.78 bits per heavy atom. The molecule has 1 aliphatic carbocycles. The summed E-state index contributed by atoms with van der Waals surface area (Å²) < 4.78 is 6.02. The van der Waals surface area contributed by atoms with Gasteiger partial charge in [-0.1, -0.05) is 49.6 Å². The van der Waals surface area contributed by atoms with Crippen molar-refractivity contribution in [2.24, 2.45) is 0 Å². The number of para-hydroxylation sites is 1. The van der Waals surface area contributed by atoms with Gasteiger partial charge in [-0.25, -0.2) is 0 Å². The molecule has 1 aromatic heterocycles. The van der Waals surface area contributed by atoms with Gasteiger partial charge in [0.05, 0.1) is 5.52 Å². The Hall–Kier alpha value is -2.47. The molecule has 4 rings (SSSR count). The van der Waals surface area contributed by atoms with Crippen molar-refractivity contribution >= 4 is 10.9 Å². The van der Waals surface area contributed by atoms with Crippen LogP contribution in [-0.4, -0.2) is 47.3 Å². The topological polar surface area (TPSA) is 57.6 Å². The van der Waals surface area contributed by atoms with E-state index in [0.29, 0.717) is 25.7 Å². The van der Waals surface area contributed by atoms with E-state index in [1.807, 2.05) is 30.5 Å². The quantitative estimate of drug-likeness (QED) is 0.492. The van der Waals surface area contributed by atoms with Crippen LogP contribution in [0.5, 0.6) is 5.75 Å². The molecular formula is C27H35N3O2. The maximum Gasteiger partial charge on any atom is 0.123 e. The average Bonchev–Trinajstić information content (AvgIpc) is 2.84. The number of aliphatic hydroxyl groups is 1. The minimum Gasteiger partial charge on any atom is -0.491 e. The Morgan fingerprint density at radius 1 is 1.06 bits per heavy atom. The van der Waals surface area contributed by atoms with Crippen LogP contribution in [0, 0.1) is 0 Å². The maximum atomic E-state index is 10.5. The highest BCUT2D eigenvalue weighted by molar-refractivity contribution is 5.78. The Balaban J connectivity index is 1.26. The van der Waals surface area contributed by atoms with Crippen molar-refractivity contribution < 1.29 is 9.84 Å². The fourth-order valence-electron chi connectivity index (χ4n) is 4.61. The van der Waals surface area contributed by atoms with Crippen LogP contribution < -0.4 is 10.1 Å². The number of aliphatic hydroxyl groups excluding tert-OH is 1. The van der Waals surface area contributed by atoms with E-state index < -0.39 is 6.10 Å². The number of fused-ring (bicyclic) bond motifs is 1. The highest BCUT2D eigenvalue weighted by Gasteiger charge is 2.20. The minimum atomic E-state index is -0.492. The van der Waals surface area contributed by atoms with Crippen LogP contribution in [-0.2, 0) is 13.1 Å². The van der Waals surface area contributed by atoms with Gasteiger partial charge in [-0.2, -0.15) is 0 Å². The molecule has 5 nitrogen and oxygen atoms in total. The molecule has 0 aliphatic heterocycles. The summed E-state index contributed by atoms with van der Waals surface area (Å²) in [4.78, 5) is 6.69. The second-order valence-electron chi connectivity index (χ2n) is 8.94. The van der Waals surface area contributed by atoms with Crippen molar-refractivity contribution in [3.05, 3.63) is 71.9 Å². The van der Waals surface area contributed by atoms with E-state index in [2.05, 4.69) is 52.6 Å². The molecule has 170 valence electrons. The normalized spacial score (nSPS) is 15.8. The van der Waals surface area contributed by atoms with Gasteiger partial charge in [0.15, 0.2) is 0 Å². The third-order valence-corrected chi connectivity index (χ3v) is 6.41. The molecular weight excluding hydrogens is 398 g/mol. The van der Waals surface area contributed by atoms with Gasteiger partial charge in [0.25, 0.3) is 0 Å². The molecule has 1 heterocycles. The van der Waals surface area contributed by atoms with Crippen LogP contribution in [0.3, 0.4) is 0 Å². The van der Waals surface area contributed by atoms with Gasteiger partial charge < -0.3 is 20.1 Å². The van der Waals surface area contributed by atoms with Crippen molar-refractivity contribution in [2.45, 2.75) is 57.3 Å². The van der Waals surface area contributed by atoms with Crippen LogP contribution in [0.25, 0.3) is 10.9 Å². The molecule has 0 saturated heterocycles. The Bertz CT molecular complexity index is 987. The van der Waals surface area contributed by atoms with Crippen molar-refractivity contribution in [3.8, 4) is 5.75 Å². The lowest BCUT2D eigenvalue weighted by molar-refractivity contribution is 0.0558. The summed E-state index contributed by atoms with van der Waals surface area (Å²) in [5.74, 6) is 0.835. The van der Waals surface area contributed by atoms with Crippen LogP contribution in [0.1, 0.15) is 43.2 Å². The highest BCUT2D eigenvalue weighted by Crippen LogP contribution is 2.22. The van der Waals surface area contributed by atoms with E-state index in [1.54, 1.807) is 0 Å². The summed E-state index contributed by atoms with van der Waals surface area (Å²) in [5.41, 5.74) is 3.34. The first-order chi connectivity index (χ1) is 15.7. The van der Waals surface area contributed by atoms with Crippen molar-refractivity contribution in [1.82, 2.24) is 15.2 Å². The van der Waals surface area contributed by atoms with Gasteiger partial charge in [-0.05, 0) is 49.7 Å². The standard InChI is InChI=1S/C27H35N3O2/c1-30(24-10-3-2-4-11-24)19-25(31)20-32-27-12-6-5-8-23(27)18-28-17-21-13-14-26-22(16-21)9-7-15-29-26/h5-9,12-16,24-25,28,31H,2-4,10-11,17-20H2,1H3. The van der Waals surface area contributed by atoms with E-state index >= 15 is 0 Å². The molecule has 2 N–H and O–H groups in total. The summed E-state index contributed by atoms with van der Waals surface area (Å²) in [6.07, 6.45) is 7.77. The molecule has 1 unspecified atom stereocenters. The lowest BCUT2D eigenvalue weighted by Gasteiger charge is -2.32. The molecule has 0 spiro atoms. The monoisotopic (exact) mass is 433 g/mol. The van der Waals surface area contributed by atoms with Gasteiger partial charge in [-0.15, -0.1) is 0 Å². The van der Waals surface area contributed by atoms with E-state index in [4.69, 9.17) is 4.74 Å². The first-order valence-electron chi connectivity index (χ1n) is 11.8. The zero-order valence-electron chi connectivity index (χ0n) is 19.0. The molecule has 1 saturated carbocycles. The smallest absolute Gasteiger partial charge is 0.123 e. The number of hydrogen-bond acceptors (Lipinski definition) is 5. The van der Waals surface area contributed by atoms with Gasteiger partial charge >= 0.3 is 0 Å². The summed E-state index contributed by atoms with van der Waals surface area (Å²) in [7, 11) is 2.12. The number of nitrogens with zero attached hydrogens (tertiary/aromatic N) is 2. The number of likely N-dealkylation sites (N-methyl/N-ethyl adjacent to an activating group) is 1. The average molecular weight is 434 g/mol. The minimum absolute atomic E-state index is 0.311. The molecule has 32 heavy (non-hydrogen) atoms. The highest BCUT2D eigenvalue weighted by atomic mass is 16.5. The van der Waals surface area contributed by atoms with E-state index in [9.17, 15) is 5.11 Å². The van der Waals surface area contributed by atoms with Gasteiger partial charge in [0.2, 0.25) is 0 Å². The second-order valence-corrected chi connectivity index (χ2v) is 8.94. The number of benzene rings is 2.